The zero-order valence-electron chi connectivity index (χ0n) is 12.1. The Morgan fingerprint density at radius 3 is 2.57 bits per heavy atom. The highest BCUT2D eigenvalue weighted by Gasteiger charge is 2.13. The van der Waals surface area contributed by atoms with Gasteiger partial charge in [0.2, 0.25) is 5.95 Å². The molecule has 0 radical (unpaired) electrons. The molecule has 114 valence electrons. The molecule has 0 spiro atoms. The second-order valence-corrected chi connectivity index (χ2v) is 5.61. The molecule has 0 bridgehead atoms. The smallest absolute Gasteiger partial charge is 0.212 e. The number of nitrogens with zero attached hydrogens (tertiary/aromatic N) is 5. The molecule has 23 heavy (non-hydrogen) atoms. The quantitative estimate of drug-likeness (QED) is 0.529. The Bertz CT molecular complexity index is 1000. The number of hydrogen-bond acceptors (Lipinski definition) is 3. The first-order chi connectivity index (χ1) is 11.1. The molecule has 0 aliphatic heterocycles. The van der Waals surface area contributed by atoms with Gasteiger partial charge in [-0.1, -0.05) is 11.6 Å². The molecule has 0 N–H and O–H groups in total. The van der Waals surface area contributed by atoms with Crippen LogP contribution in [0.2, 0.25) is 5.02 Å². The van der Waals surface area contributed by atoms with E-state index in [0.717, 1.165) is 27.8 Å². The van der Waals surface area contributed by atoms with Crippen molar-refractivity contribution >= 4 is 17.1 Å². The number of aromatic nitrogens is 5. The van der Waals surface area contributed by atoms with Crippen molar-refractivity contribution in [3.63, 3.8) is 0 Å². The third-order valence-corrected chi connectivity index (χ3v) is 3.92. The van der Waals surface area contributed by atoms with E-state index in [1.54, 1.807) is 27.7 Å². The SMILES string of the molecule is Cn1cc(-c2cc(-c3ccc(F)nc3)c3c(Cl)cnn3c2)cn1. The summed E-state index contributed by atoms with van der Waals surface area (Å²) < 4.78 is 16.6. The molecular formula is C16H11ClFN5. The Morgan fingerprint density at radius 1 is 1.00 bits per heavy atom. The molecule has 0 atom stereocenters. The van der Waals surface area contributed by atoms with E-state index in [1.807, 2.05) is 25.5 Å². The van der Waals surface area contributed by atoms with Crippen LogP contribution >= 0.6 is 11.6 Å². The Kier molecular flexibility index (Phi) is 3.12. The topological polar surface area (TPSA) is 48.0 Å². The third kappa shape index (κ3) is 2.37. The maximum absolute atomic E-state index is 13.1. The molecule has 0 aliphatic rings. The van der Waals surface area contributed by atoms with Gasteiger partial charge in [0.1, 0.15) is 0 Å². The maximum atomic E-state index is 13.1. The molecule has 0 fully saturated rings. The molecule has 4 aromatic rings. The van der Waals surface area contributed by atoms with E-state index < -0.39 is 5.95 Å². The lowest BCUT2D eigenvalue weighted by Gasteiger charge is -2.08. The highest BCUT2D eigenvalue weighted by molar-refractivity contribution is 6.34. The summed E-state index contributed by atoms with van der Waals surface area (Å²) in [4.78, 5) is 3.73. The van der Waals surface area contributed by atoms with E-state index in [1.165, 1.54) is 12.3 Å². The molecule has 0 unspecified atom stereocenters. The second kappa shape index (κ2) is 5.17. The predicted molar refractivity (Wildman–Crippen MR) is 85.6 cm³/mol. The number of fused-ring (bicyclic) bond motifs is 1. The van der Waals surface area contributed by atoms with Gasteiger partial charge < -0.3 is 0 Å². The minimum Gasteiger partial charge on any atom is -0.275 e. The van der Waals surface area contributed by atoms with Crippen LogP contribution in [0.5, 0.6) is 0 Å². The summed E-state index contributed by atoms with van der Waals surface area (Å²) in [5.74, 6) is -0.521. The van der Waals surface area contributed by atoms with Crippen molar-refractivity contribution in [3.8, 4) is 22.3 Å². The molecule has 4 heterocycles. The lowest BCUT2D eigenvalue weighted by atomic mass is 10.0. The molecule has 0 amide bonds. The van der Waals surface area contributed by atoms with Gasteiger partial charge >= 0.3 is 0 Å². The van der Waals surface area contributed by atoms with Crippen molar-refractivity contribution in [2.75, 3.05) is 0 Å². The van der Waals surface area contributed by atoms with Crippen LogP contribution in [0.15, 0.2) is 49.2 Å². The largest absolute Gasteiger partial charge is 0.275 e. The summed E-state index contributed by atoms with van der Waals surface area (Å²) in [5.41, 5.74) is 4.25. The average Bonchev–Trinajstić information content (AvgIpc) is 3.14. The Balaban J connectivity index is 2.00. The van der Waals surface area contributed by atoms with E-state index in [9.17, 15) is 4.39 Å². The lowest BCUT2D eigenvalue weighted by molar-refractivity contribution is 0.584. The zero-order chi connectivity index (χ0) is 16.0. The lowest BCUT2D eigenvalue weighted by Crippen LogP contribution is -1.93. The van der Waals surface area contributed by atoms with Crippen LogP contribution in [0, 0.1) is 5.95 Å². The van der Waals surface area contributed by atoms with Crippen molar-refractivity contribution in [3.05, 3.63) is 60.2 Å². The van der Waals surface area contributed by atoms with Crippen LogP contribution in [0.4, 0.5) is 4.39 Å². The van der Waals surface area contributed by atoms with E-state index in [2.05, 4.69) is 15.2 Å². The minimum atomic E-state index is -0.521. The first-order valence-corrected chi connectivity index (χ1v) is 7.27. The Hall–Kier alpha value is -2.73. The van der Waals surface area contributed by atoms with Gasteiger partial charge in [-0.2, -0.15) is 14.6 Å². The fourth-order valence-corrected chi connectivity index (χ4v) is 2.80. The fraction of sp³-hybridized carbons (Fsp3) is 0.0625. The van der Waals surface area contributed by atoms with Crippen molar-refractivity contribution in [1.29, 1.82) is 0 Å². The first-order valence-electron chi connectivity index (χ1n) is 6.89. The standard InChI is InChI=1S/C16H11ClFN5/c1-22-8-12(6-20-22)11-4-13(10-2-3-15(18)19-5-10)16-14(17)7-21-23(16)9-11/h2-9H,1H3. The monoisotopic (exact) mass is 327 g/mol. The van der Waals surface area contributed by atoms with Crippen LogP contribution in [0.1, 0.15) is 0 Å². The summed E-state index contributed by atoms with van der Waals surface area (Å²) in [6.45, 7) is 0. The predicted octanol–water partition coefficient (Wildman–Crippen LogP) is 3.59. The van der Waals surface area contributed by atoms with Crippen LogP contribution in [0.3, 0.4) is 0 Å². The van der Waals surface area contributed by atoms with E-state index in [4.69, 9.17) is 11.6 Å². The molecule has 4 aromatic heterocycles. The first kappa shape index (κ1) is 13.9. The summed E-state index contributed by atoms with van der Waals surface area (Å²) in [6, 6.07) is 4.98. The fourth-order valence-electron chi connectivity index (χ4n) is 2.57. The van der Waals surface area contributed by atoms with Gasteiger partial charge in [0, 0.05) is 47.9 Å². The summed E-state index contributed by atoms with van der Waals surface area (Å²) in [5, 5.41) is 9.00. The third-order valence-electron chi connectivity index (χ3n) is 3.64. The van der Waals surface area contributed by atoms with Gasteiger partial charge in [-0.25, -0.2) is 9.50 Å². The number of hydrogen-bond donors (Lipinski definition) is 0. The van der Waals surface area contributed by atoms with E-state index in [0.29, 0.717) is 5.02 Å². The summed E-state index contributed by atoms with van der Waals surface area (Å²) in [7, 11) is 1.86. The molecule has 0 aromatic carbocycles. The van der Waals surface area contributed by atoms with Crippen molar-refractivity contribution in [1.82, 2.24) is 24.4 Å². The molecule has 5 nitrogen and oxygen atoms in total. The summed E-state index contributed by atoms with van der Waals surface area (Å²) >= 11 is 6.27. The molecule has 7 heteroatoms. The molecule has 0 aliphatic carbocycles. The van der Waals surface area contributed by atoms with Gasteiger partial charge in [-0.15, -0.1) is 0 Å². The van der Waals surface area contributed by atoms with E-state index >= 15 is 0 Å². The Morgan fingerprint density at radius 2 is 1.87 bits per heavy atom. The highest BCUT2D eigenvalue weighted by atomic mass is 35.5. The number of aryl methyl sites for hydroxylation is 1. The van der Waals surface area contributed by atoms with E-state index in [-0.39, 0.29) is 0 Å². The van der Waals surface area contributed by atoms with Gasteiger partial charge in [-0.05, 0) is 18.2 Å². The number of pyridine rings is 2. The zero-order valence-corrected chi connectivity index (χ0v) is 12.9. The maximum Gasteiger partial charge on any atom is 0.212 e. The number of halogens is 2. The van der Waals surface area contributed by atoms with Crippen LogP contribution < -0.4 is 0 Å². The second-order valence-electron chi connectivity index (χ2n) is 5.20. The average molecular weight is 328 g/mol. The van der Waals surface area contributed by atoms with Crippen molar-refractivity contribution < 1.29 is 4.39 Å². The van der Waals surface area contributed by atoms with Gasteiger partial charge in [-0.3, -0.25) is 4.68 Å². The van der Waals surface area contributed by atoms with Gasteiger partial charge in [0.15, 0.2) is 0 Å². The van der Waals surface area contributed by atoms with Crippen LogP contribution in [-0.2, 0) is 7.05 Å². The molecular weight excluding hydrogens is 317 g/mol. The molecule has 4 rings (SSSR count). The number of rotatable bonds is 2. The van der Waals surface area contributed by atoms with Crippen LogP contribution in [0.25, 0.3) is 27.8 Å². The highest BCUT2D eigenvalue weighted by Crippen LogP contribution is 2.33. The van der Waals surface area contributed by atoms with Gasteiger partial charge in [0.25, 0.3) is 0 Å². The van der Waals surface area contributed by atoms with Gasteiger partial charge in [0.05, 0.1) is 22.9 Å². The molecule has 0 saturated heterocycles. The summed E-state index contributed by atoms with van der Waals surface area (Å²) in [6.07, 6.45) is 8.65. The van der Waals surface area contributed by atoms with Crippen molar-refractivity contribution in [2.45, 2.75) is 0 Å². The minimum absolute atomic E-state index is 0.521. The van der Waals surface area contributed by atoms with Crippen LogP contribution in [-0.4, -0.2) is 24.4 Å². The van der Waals surface area contributed by atoms with Crippen molar-refractivity contribution in [2.24, 2.45) is 7.05 Å². The Labute approximate surface area is 136 Å². The molecule has 0 saturated carbocycles. The normalized spacial score (nSPS) is 11.3.